The molecule has 0 bridgehead atoms. The molecule has 2 atom stereocenters. The summed E-state index contributed by atoms with van der Waals surface area (Å²) in [6.07, 6.45) is -0.227. The summed E-state index contributed by atoms with van der Waals surface area (Å²) >= 11 is 0. The number of carbonyl (C=O) groups is 1. The van der Waals surface area contributed by atoms with Crippen LogP contribution < -0.4 is 5.73 Å². The van der Waals surface area contributed by atoms with E-state index in [0.29, 0.717) is 13.0 Å². The van der Waals surface area contributed by atoms with Crippen LogP contribution >= 0.6 is 0 Å². The number of nitrogens with two attached hydrogens (primary N) is 1. The topological polar surface area (TPSA) is 72.5 Å². The molecule has 1 fully saturated rings. The second-order valence-corrected chi connectivity index (χ2v) is 2.16. The van der Waals surface area contributed by atoms with Gasteiger partial charge in [-0.1, -0.05) is 0 Å². The van der Waals surface area contributed by atoms with E-state index in [1.54, 1.807) is 0 Å². The molecule has 0 aromatic carbocycles. The Kier molecular flexibility index (Phi) is 1.68. The van der Waals surface area contributed by atoms with Gasteiger partial charge in [0.15, 0.2) is 6.10 Å². The SMILES string of the molecule is N[C@H]1CO[C@@H](C(=O)O)C1. The van der Waals surface area contributed by atoms with Gasteiger partial charge in [0.2, 0.25) is 0 Å². The Bertz CT molecular complexity index is 125. The fraction of sp³-hybridized carbons (Fsp3) is 0.800. The lowest BCUT2D eigenvalue weighted by Crippen LogP contribution is -2.22. The molecule has 4 heteroatoms. The molecule has 1 heterocycles. The smallest absolute Gasteiger partial charge is 0.332 e. The molecule has 0 aromatic heterocycles. The van der Waals surface area contributed by atoms with Gasteiger partial charge in [-0.2, -0.15) is 0 Å². The highest BCUT2D eigenvalue weighted by molar-refractivity contribution is 5.72. The van der Waals surface area contributed by atoms with Crippen LogP contribution in [0.1, 0.15) is 6.42 Å². The van der Waals surface area contributed by atoms with Crippen LogP contribution in [0.5, 0.6) is 0 Å². The van der Waals surface area contributed by atoms with Crippen LogP contribution in [-0.4, -0.2) is 29.8 Å². The molecule has 0 amide bonds. The van der Waals surface area contributed by atoms with E-state index in [1.165, 1.54) is 0 Å². The lowest BCUT2D eigenvalue weighted by atomic mass is 10.2. The predicted octanol–water partition coefficient (Wildman–Crippen LogP) is -0.813. The van der Waals surface area contributed by atoms with Crippen molar-refractivity contribution in [2.75, 3.05) is 6.61 Å². The van der Waals surface area contributed by atoms with E-state index >= 15 is 0 Å². The average molecular weight is 131 g/mol. The molecule has 52 valence electrons. The Morgan fingerprint density at radius 3 is 2.67 bits per heavy atom. The van der Waals surface area contributed by atoms with E-state index in [1.807, 2.05) is 0 Å². The van der Waals surface area contributed by atoms with Gasteiger partial charge in [0.1, 0.15) is 0 Å². The molecule has 1 rings (SSSR count). The molecule has 1 aliphatic rings. The van der Waals surface area contributed by atoms with Crippen molar-refractivity contribution < 1.29 is 14.6 Å². The molecular formula is C5H9NO3. The first-order chi connectivity index (χ1) is 4.20. The van der Waals surface area contributed by atoms with E-state index in [-0.39, 0.29) is 6.04 Å². The summed E-state index contributed by atoms with van der Waals surface area (Å²) in [6, 6.07) is -0.0916. The lowest BCUT2D eigenvalue weighted by molar-refractivity contribution is -0.147. The third kappa shape index (κ3) is 1.40. The fourth-order valence-electron chi connectivity index (χ4n) is 0.823. The second-order valence-electron chi connectivity index (χ2n) is 2.16. The van der Waals surface area contributed by atoms with Gasteiger partial charge < -0.3 is 15.6 Å². The minimum atomic E-state index is -0.914. The summed E-state index contributed by atoms with van der Waals surface area (Å²) in [5.41, 5.74) is 5.37. The summed E-state index contributed by atoms with van der Waals surface area (Å²) in [6.45, 7) is 0.372. The van der Waals surface area contributed by atoms with Gasteiger partial charge in [-0.05, 0) is 0 Å². The fourth-order valence-corrected chi connectivity index (χ4v) is 0.823. The molecule has 9 heavy (non-hydrogen) atoms. The van der Waals surface area contributed by atoms with Crippen LogP contribution in [-0.2, 0) is 9.53 Å². The molecule has 1 saturated heterocycles. The summed E-state index contributed by atoms with van der Waals surface area (Å²) in [5, 5.41) is 8.35. The largest absolute Gasteiger partial charge is 0.479 e. The van der Waals surface area contributed by atoms with Crippen LogP contribution in [0.4, 0.5) is 0 Å². The van der Waals surface area contributed by atoms with Gasteiger partial charge in [-0.3, -0.25) is 0 Å². The van der Waals surface area contributed by atoms with Gasteiger partial charge in [0.25, 0.3) is 0 Å². The van der Waals surface area contributed by atoms with Gasteiger partial charge in [0.05, 0.1) is 6.61 Å². The maximum atomic E-state index is 10.2. The maximum Gasteiger partial charge on any atom is 0.332 e. The summed E-state index contributed by atoms with van der Waals surface area (Å²) in [5.74, 6) is -0.914. The number of hydrogen-bond acceptors (Lipinski definition) is 3. The normalized spacial score (nSPS) is 34.8. The average Bonchev–Trinajstić information content (AvgIpc) is 2.14. The third-order valence-corrected chi connectivity index (χ3v) is 1.30. The Morgan fingerprint density at radius 2 is 2.44 bits per heavy atom. The van der Waals surface area contributed by atoms with Gasteiger partial charge in [-0.25, -0.2) is 4.79 Å². The van der Waals surface area contributed by atoms with Crippen LogP contribution in [0.25, 0.3) is 0 Å². The summed E-state index contributed by atoms with van der Waals surface area (Å²) < 4.78 is 4.80. The Hall–Kier alpha value is -0.610. The summed E-state index contributed by atoms with van der Waals surface area (Å²) in [7, 11) is 0. The first-order valence-corrected chi connectivity index (χ1v) is 2.80. The Morgan fingerprint density at radius 1 is 1.78 bits per heavy atom. The standard InChI is InChI=1S/C5H9NO3/c6-3-1-4(5(7)8)9-2-3/h3-4H,1-2,6H2,(H,7,8)/t3-,4-/m1/s1. The van der Waals surface area contributed by atoms with Crippen molar-refractivity contribution in [3.8, 4) is 0 Å². The van der Waals surface area contributed by atoms with Crippen LogP contribution in [0, 0.1) is 0 Å². The molecule has 0 saturated carbocycles. The molecule has 0 unspecified atom stereocenters. The minimum absolute atomic E-state index is 0.0916. The zero-order chi connectivity index (χ0) is 6.85. The molecule has 3 N–H and O–H groups in total. The Balaban J connectivity index is 2.39. The highest BCUT2D eigenvalue weighted by Gasteiger charge is 2.27. The van der Waals surface area contributed by atoms with E-state index in [0.717, 1.165) is 0 Å². The van der Waals surface area contributed by atoms with Crippen molar-refractivity contribution in [2.24, 2.45) is 5.73 Å². The van der Waals surface area contributed by atoms with Crippen molar-refractivity contribution in [3.63, 3.8) is 0 Å². The first-order valence-electron chi connectivity index (χ1n) is 2.80. The Labute approximate surface area is 52.6 Å². The first kappa shape index (κ1) is 6.51. The van der Waals surface area contributed by atoms with Crippen LogP contribution in [0.3, 0.4) is 0 Å². The molecule has 0 spiro atoms. The number of aliphatic carboxylic acids is 1. The van der Waals surface area contributed by atoms with E-state index in [4.69, 9.17) is 15.6 Å². The van der Waals surface area contributed by atoms with Crippen molar-refractivity contribution in [1.82, 2.24) is 0 Å². The quantitative estimate of drug-likeness (QED) is 0.488. The zero-order valence-corrected chi connectivity index (χ0v) is 4.91. The third-order valence-electron chi connectivity index (χ3n) is 1.30. The summed E-state index contributed by atoms with van der Waals surface area (Å²) in [4.78, 5) is 10.2. The molecule has 4 nitrogen and oxygen atoms in total. The highest BCUT2D eigenvalue weighted by atomic mass is 16.5. The number of rotatable bonds is 1. The number of ether oxygens (including phenoxy) is 1. The van der Waals surface area contributed by atoms with Crippen molar-refractivity contribution >= 4 is 5.97 Å². The van der Waals surface area contributed by atoms with Crippen molar-refractivity contribution in [3.05, 3.63) is 0 Å². The molecule has 1 aliphatic heterocycles. The van der Waals surface area contributed by atoms with Crippen LogP contribution in [0.15, 0.2) is 0 Å². The van der Waals surface area contributed by atoms with Crippen molar-refractivity contribution in [1.29, 1.82) is 0 Å². The van der Waals surface area contributed by atoms with Gasteiger partial charge in [-0.15, -0.1) is 0 Å². The monoisotopic (exact) mass is 131 g/mol. The lowest BCUT2D eigenvalue weighted by Gasteiger charge is -1.98. The van der Waals surface area contributed by atoms with Gasteiger partial charge >= 0.3 is 5.97 Å². The van der Waals surface area contributed by atoms with E-state index in [2.05, 4.69) is 0 Å². The number of carboxylic acids is 1. The van der Waals surface area contributed by atoms with Gasteiger partial charge in [0, 0.05) is 12.5 Å². The predicted molar refractivity (Wildman–Crippen MR) is 30.0 cm³/mol. The number of carboxylic acid groups (broad SMARTS) is 1. The maximum absolute atomic E-state index is 10.2. The second kappa shape index (κ2) is 2.33. The molecule has 0 aromatic rings. The molecule has 0 aliphatic carbocycles. The number of hydrogen-bond donors (Lipinski definition) is 2. The molecule has 0 radical (unpaired) electrons. The van der Waals surface area contributed by atoms with E-state index < -0.39 is 12.1 Å². The highest BCUT2D eigenvalue weighted by Crippen LogP contribution is 2.10. The molecular weight excluding hydrogens is 122 g/mol. The van der Waals surface area contributed by atoms with Crippen LogP contribution in [0.2, 0.25) is 0 Å². The zero-order valence-electron chi connectivity index (χ0n) is 4.91. The van der Waals surface area contributed by atoms with Crippen molar-refractivity contribution in [2.45, 2.75) is 18.6 Å². The van der Waals surface area contributed by atoms with E-state index in [9.17, 15) is 4.79 Å². The minimum Gasteiger partial charge on any atom is -0.479 e.